The number of carbonyl (C=O) groups is 1. The molecule has 0 aromatic heterocycles. The summed E-state index contributed by atoms with van der Waals surface area (Å²) in [6.45, 7) is 3.58. The van der Waals surface area contributed by atoms with Crippen LogP contribution < -0.4 is 10.6 Å². The molecule has 5 heteroatoms. The fourth-order valence-electron chi connectivity index (χ4n) is 3.82. The van der Waals surface area contributed by atoms with Crippen LogP contribution in [-0.2, 0) is 9.53 Å². The highest BCUT2D eigenvalue weighted by atomic mass is 35.5. The molecule has 2 fully saturated rings. The third-order valence-corrected chi connectivity index (χ3v) is 5.22. The molecule has 22 heavy (non-hydrogen) atoms. The number of rotatable bonds is 6. The summed E-state index contributed by atoms with van der Waals surface area (Å²) in [5, 5.41) is 6.59. The van der Waals surface area contributed by atoms with E-state index in [2.05, 4.69) is 10.6 Å². The third kappa shape index (κ3) is 6.43. The molecule has 0 radical (unpaired) electrons. The van der Waals surface area contributed by atoms with Crippen LogP contribution in [0, 0.1) is 11.3 Å². The minimum absolute atomic E-state index is 0. The predicted molar refractivity (Wildman–Crippen MR) is 92.5 cm³/mol. The van der Waals surface area contributed by atoms with Crippen molar-refractivity contribution in [3.63, 3.8) is 0 Å². The number of hydrogen-bond donors (Lipinski definition) is 2. The molecule has 130 valence electrons. The van der Waals surface area contributed by atoms with Gasteiger partial charge < -0.3 is 15.4 Å². The van der Waals surface area contributed by atoms with Gasteiger partial charge in [0, 0.05) is 25.5 Å². The molecule has 1 aliphatic heterocycles. The van der Waals surface area contributed by atoms with Gasteiger partial charge in [-0.15, -0.1) is 12.4 Å². The summed E-state index contributed by atoms with van der Waals surface area (Å²) in [7, 11) is 1.76. The van der Waals surface area contributed by atoms with Crippen LogP contribution in [0.2, 0.25) is 0 Å². The molecule has 0 spiro atoms. The summed E-state index contributed by atoms with van der Waals surface area (Å²) in [6, 6.07) is 0. The van der Waals surface area contributed by atoms with E-state index >= 15 is 0 Å². The Balaban J connectivity index is 0.00000242. The molecule has 1 saturated carbocycles. The largest absolute Gasteiger partial charge is 0.384 e. The van der Waals surface area contributed by atoms with Crippen LogP contribution in [-0.4, -0.2) is 39.3 Å². The second-order valence-electron chi connectivity index (χ2n) is 7.02. The van der Waals surface area contributed by atoms with Crippen LogP contribution in [0.5, 0.6) is 0 Å². The van der Waals surface area contributed by atoms with Gasteiger partial charge in [-0.05, 0) is 44.7 Å². The van der Waals surface area contributed by atoms with E-state index in [0.717, 1.165) is 45.5 Å². The molecule has 0 aromatic rings. The molecule has 4 nitrogen and oxygen atoms in total. The number of nitrogens with one attached hydrogen (secondary N) is 2. The summed E-state index contributed by atoms with van der Waals surface area (Å²) in [6.07, 6.45) is 10.7. The first-order chi connectivity index (χ1) is 10.2. The van der Waals surface area contributed by atoms with Gasteiger partial charge in [-0.2, -0.15) is 0 Å². The second-order valence-corrected chi connectivity index (χ2v) is 7.02. The maximum Gasteiger partial charge on any atom is 0.220 e. The zero-order chi connectivity index (χ0) is 15.0. The standard InChI is InChI=1S/C17H32N2O2.ClH/c1-21-14-17(8-10-18-11-9-17)13-19-16(20)12-15-6-4-2-3-5-7-15;/h15,18H,2-14H2,1H3,(H,19,20);1H. The predicted octanol–water partition coefficient (Wildman–Crippen LogP) is 2.90. The summed E-state index contributed by atoms with van der Waals surface area (Å²) >= 11 is 0. The van der Waals surface area contributed by atoms with Gasteiger partial charge in [0.1, 0.15) is 0 Å². The smallest absolute Gasteiger partial charge is 0.220 e. The zero-order valence-electron chi connectivity index (χ0n) is 14.0. The van der Waals surface area contributed by atoms with Crippen LogP contribution in [0.1, 0.15) is 57.8 Å². The first-order valence-corrected chi connectivity index (χ1v) is 8.70. The van der Waals surface area contributed by atoms with Crippen molar-refractivity contribution in [1.82, 2.24) is 10.6 Å². The minimum Gasteiger partial charge on any atom is -0.384 e. The van der Waals surface area contributed by atoms with Gasteiger partial charge in [0.2, 0.25) is 5.91 Å². The molecule has 1 amide bonds. The molecule has 0 aromatic carbocycles. The lowest BCUT2D eigenvalue weighted by Crippen LogP contribution is -2.47. The van der Waals surface area contributed by atoms with Crippen LogP contribution in [0.3, 0.4) is 0 Å². The van der Waals surface area contributed by atoms with Gasteiger partial charge in [0.25, 0.3) is 0 Å². The lowest BCUT2D eigenvalue weighted by Gasteiger charge is -2.37. The van der Waals surface area contributed by atoms with Gasteiger partial charge in [-0.25, -0.2) is 0 Å². The summed E-state index contributed by atoms with van der Waals surface area (Å²) < 4.78 is 5.40. The minimum atomic E-state index is 0. The first kappa shape index (κ1) is 19.7. The zero-order valence-corrected chi connectivity index (χ0v) is 14.8. The number of methoxy groups -OCH3 is 1. The van der Waals surface area contributed by atoms with Crippen molar-refractivity contribution >= 4 is 18.3 Å². The fourth-order valence-corrected chi connectivity index (χ4v) is 3.82. The number of ether oxygens (including phenoxy) is 1. The van der Waals surface area contributed by atoms with E-state index in [0.29, 0.717) is 5.92 Å². The molecule has 0 bridgehead atoms. The van der Waals surface area contributed by atoms with E-state index in [-0.39, 0.29) is 23.7 Å². The Kier molecular flexibility index (Phi) is 9.37. The van der Waals surface area contributed by atoms with E-state index in [1.807, 2.05) is 0 Å². The lowest BCUT2D eigenvalue weighted by molar-refractivity contribution is -0.123. The van der Waals surface area contributed by atoms with Crippen LogP contribution in [0.25, 0.3) is 0 Å². The number of halogens is 1. The van der Waals surface area contributed by atoms with Crippen LogP contribution in [0.15, 0.2) is 0 Å². The van der Waals surface area contributed by atoms with E-state index < -0.39 is 0 Å². The fraction of sp³-hybridized carbons (Fsp3) is 0.941. The Morgan fingerprint density at radius 2 is 1.82 bits per heavy atom. The van der Waals surface area contributed by atoms with E-state index in [1.165, 1.54) is 38.5 Å². The third-order valence-electron chi connectivity index (χ3n) is 5.22. The van der Waals surface area contributed by atoms with Gasteiger partial charge in [0.05, 0.1) is 6.61 Å². The Morgan fingerprint density at radius 3 is 2.41 bits per heavy atom. The van der Waals surface area contributed by atoms with Gasteiger partial charge in [0.15, 0.2) is 0 Å². The van der Waals surface area contributed by atoms with Crippen molar-refractivity contribution in [2.45, 2.75) is 57.8 Å². The molecule has 2 N–H and O–H groups in total. The van der Waals surface area contributed by atoms with Gasteiger partial charge >= 0.3 is 0 Å². The first-order valence-electron chi connectivity index (χ1n) is 8.70. The molecule has 0 unspecified atom stereocenters. The number of carbonyl (C=O) groups excluding carboxylic acids is 1. The molecule has 2 rings (SSSR count). The van der Waals surface area contributed by atoms with Crippen molar-refractivity contribution in [1.29, 1.82) is 0 Å². The highest BCUT2D eigenvalue weighted by molar-refractivity contribution is 5.85. The normalized spacial score (nSPS) is 22.4. The van der Waals surface area contributed by atoms with Crippen molar-refractivity contribution < 1.29 is 9.53 Å². The maximum absolute atomic E-state index is 12.2. The second kappa shape index (κ2) is 10.5. The Bertz CT molecular complexity index is 306. The highest BCUT2D eigenvalue weighted by Gasteiger charge is 2.32. The maximum atomic E-state index is 12.2. The monoisotopic (exact) mass is 332 g/mol. The summed E-state index contributed by atoms with van der Waals surface area (Å²) in [5.41, 5.74) is 0.138. The van der Waals surface area contributed by atoms with Gasteiger partial charge in [-0.1, -0.05) is 25.7 Å². The van der Waals surface area contributed by atoms with Crippen molar-refractivity contribution in [2.24, 2.45) is 11.3 Å². The van der Waals surface area contributed by atoms with E-state index in [4.69, 9.17) is 4.74 Å². The van der Waals surface area contributed by atoms with Crippen LogP contribution in [0.4, 0.5) is 0 Å². The Labute approximate surface area is 141 Å². The summed E-state index contributed by atoms with van der Waals surface area (Å²) in [4.78, 5) is 12.2. The molecular weight excluding hydrogens is 300 g/mol. The quantitative estimate of drug-likeness (QED) is 0.735. The Hall–Kier alpha value is -0.320. The van der Waals surface area contributed by atoms with Gasteiger partial charge in [-0.3, -0.25) is 4.79 Å². The van der Waals surface area contributed by atoms with Crippen molar-refractivity contribution in [3.8, 4) is 0 Å². The molecular formula is C17H33ClN2O2. The lowest BCUT2D eigenvalue weighted by atomic mass is 9.79. The molecule has 1 aliphatic carbocycles. The van der Waals surface area contributed by atoms with E-state index in [1.54, 1.807) is 7.11 Å². The molecule has 1 heterocycles. The Morgan fingerprint density at radius 1 is 1.18 bits per heavy atom. The average molecular weight is 333 g/mol. The average Bonchev–Trinajstić information content (AvgIpc) is 2.75. The number of piperidine rings is 1. The topological polar surface area (TPSA) is 50.4 Å². The molecule has 0 atom stereocenters. The van der Waals surface area contributed by atoms with Crippen molar-refractivity contribution in [2.75, 3.05) is 33.4 Å². The number of hydrogen-bond acceptors (Lipinski definition) is 3. The molecule has 2 aliphatic rings. The summed E-state index contributed by atoms with van der Waals surface area (Å²) in [5.74, 6) is 0.856. The number of amides is 1. The van der Waals surface area contributed by atoms with E-state index in [9.17, 15) is 4.79 Å². The van der Waals surface area contributed by atoms with Crippen molar-refractivity contribution in [3.05, 3.63) is 0 Å². The molecule has 1 saturated heterocycles. The highest BCUT2D eigenvalue weighted by Crippen LogP contribution is 2.29. The SMILES string of the molecule is COCC1(CNC(=O)CC2CCCCCC2)CCNCC1.Cl. The van der Waals surface area contributed by atoms with Crippen LogP contribution >= 0.6 is 12.4 Å².